The lowest BCUT2D eigenvalue weighted by atomic mass is 9.77. The summed E-state index contributed by atoms with van der Waals surface area (Å²) in [6.45, 7) is 0.850. The number of rotatable bonds is 3. The average molecular weight is 284 g/mol. The second-order valence-electron chi connectivity index (χ2n) is 4.50. The molecule has 1 aliphatic rings. The molecule has 0 radical (unpaired) electrons. The van der Waals surface area contributed by atoms with Crippen LogP contribution in [0.2, 0.25) is 0 Å². The van der Waals surface area contributed by atoms with Crippen molar-refractivity contribution in [1.82, 2.24) is 5.32 Å². The first-order valence-corrected chi connectivity index (χ1v) is 6.61. The summed E-state index contributed by atoms with van der Waals surface area (Å²) in [5.74, 6) is 0. The molecule has 1 aromatic rings. The molecule has 0 spiro atoms. The minimum Gasteiger partial charge on any atom is -0.385 e. The summed E-state index contributed by atoms with van der Waals surface area (Å²) in [5, 5.41) is 13.8. The zero-order valence-electron chi connectivity index (χ0n) is 9.59. The molecule has 0 saturated heterocycles. The minimum absolute atomic E-state index is 0.639. The van der Waals surface area contributed by atoms with Gasteiger partial charge in [-0.05, 0) is 56.5 Å². The summed E-state index contributed by atoms with van der Waals surface area (Å²) in [7, 11) is 1.92. The van der Waals surface area contributed by atoms with Crippen molar-refractivity contribution < 1.29 is 5.11 Å². The summed E-state index contributed by atoms with van der Waals surface area (Å²) in [4.78, 5) is 0. The molecule has 1 unspecified atom stereocenters. The van der Waals surface area contributed by atoms with Crippen molar-refractivity contribution in [3.05, 3.63) is 33.8 Å². The molecule has 2 N–H and O–H groups in total. The third kappa shape index (κ3) is 2.17. The Kier molecular flexibility index (Phi) is 3.67. The van der Waals surface area contributed by atoms with Crippen LogP contribution in [0, 0.1) is 0 Å². The summed E-state index contributed by atoms with van der Waals surface area (Å²) in [6.07, 6.45) is 3.79. The molecule has 88 valence electrons. The number of halogens is 1. The van der Waals surface area contributed by atoms with Crippen molar-refractivity contribution in [2.75, 3.05) is 13.6 Å². The highest BCUT2D eigenvalue weighted by Gasteiger charge is 2.34. The van der Waals surface area contributed by atoms with Gasteiger partial charge in [0.15, 0.2) is 0 Å². The van der Waals surface area contributed by atoms with Crippen molar-refractivity contribution in [1.29, 1.82) is 0 Å². The molecule has 2 nitrogen and oxygen atoms in total. The van der Waals surface area contributed by atoms with Crippen molar-refractivity contribution in [3.8, 4) is 0 Å². The molecule has 0 saturated carbocycles. The maximum absolute atomic E-state index is 10.7. The van der Waals surface area contributed by atoms with Gasteiger partial charge in [-0.1, -0.05) is 28.1 Å². The van der Waals surface area contributed by atoms with E-state index in [0.29, 0.717) is 0 Å². The summed E-state index contributed by atoms with van der Waals surface area (Å²) in [5.41, 5.74) is 1.76. The molecule has 3 heteroatoms. The SMILES string of the molecule is CNCCC1(O)CCCc2c(Br)cccc21. The summed E-state index contributed by atoms with van der Waals surface area (Å²) >= 11 is 3.58. The van der Waals surface area contributed by atoms with Gasteiger partial charge in [-0.25, -0.2) is 0 Å². The van der Waals surface area contributed by atoms with Crippen LogP contribution in [0.15, 0.2) is 22.7 Å². The van der Waals surface area contributed by atoms with E-state index in [0.717, 1.165) is 42.3 Å². The van der Waals surface area contributed by atoms with E-state index < -0.39 is 5.60 Å². The number of benzene rings is 1. The highest BCUT2D eigenvalue weighted by Crippen LogP contribution is 2.40. The van der Waals surface area contributed by atoms with E-state index in [1.54, 1.807) is 0 Å². The second-order valence-corrected chi connectivity index (χ2v) is 5.36. The Morgan fingerprint density at radius 2 is 2.31 bits per heavy atom. The summed E-state index contributed by atoms with van der Waals surface area (Å²) in [6, 6.07) is 6.14. The van der Waals surface area contributed by atoms with Crippen LogP contribution >= 0.6 is 15.9 Å². The van der Waals surface area contributed by atoms with Crippen LogP contribution in [-0.2, 0) is 12.0 Å². The fourth-order valence-corrected chi connectivity index (χ4v) is 3.10. The van der Waals surface area contributed by atoms with Crippen molar-refractivity contribution in [2.24, 2.45) is 0 Å². The molecule has 0 bridgehead atoms. The molecule has 0 heterocycles. The van der Waals surface area contributed by atoms with Gasteiger partial charge in [0.1, 0.15) is 0 Å². The van der Waals surface area contributed by atoms with Gasteiger partial charge in [-0.3, -0.25) is 0 Å². The standard InChI is InChI=1S/C13H18BrNO/c1-15-9-8-13(16)7-3-4-10-11(13)5-2-6-12(10)14/h2,5-6,15-16H,3-4,7-9H2,1H3. The maximum Gasteiger partial charge on any atom is 0.0911 e. The largest absolute Gasteiger partial charge is 0.385 e. The molecule has 1 atom stereocenters. The molecular formula is C13H18BrNO. The molecule has 0 amide bonds. The quantitative estimate of drug-likeness (QED) is 0.894. The molecule has 1 aliphatic carbocycles. The van der Waals surface area contributed by atoms with Crippen LogP contribution in [0.5, 0.6) is 0 Å². The van der Waals surface area contributed by atoms with Crippen molar-refractivity contribution in [2.45, 2.75) is 31.3 Å². The smallest absolute Gasteiger partial charge is 0.0911 e. The van der Waals surface area contributed by atoms with E-state index in [-0.39, 0.29) is 0 Å². The Morgan fingerprint density at radius 3 is 3.06 bits per heavy atom. The van der Waals surface area contributed by atoms with Crippen LogP contribution in [0.25, 0.3) is 0 Å². The first kappa shape index (κ1) is 12.1. The normalized spacial score (nSPS) is 24.2. The molecule has 0 fully saturated rings. The van der Waals surface area contributed by atoms with Crippen molar-refractivity contribution in [3.63, 3.8) is 0 Å². The van der Waals surface area contributed by atoms with Gasteiger partial charge < -0.3 is 10.4 Å². The average Bonchev–Trinajstić information content (AvgIpc) is 2.28. The van der Waals surface area contributed by atoms with E-state index in [9.17, 15) is 5.11 Å². The maximum atomic E-state index is 10.7. The van der Waals surface area contributed by atoms with Crippen LogP contribution in [0.4, 0.5) is 0 Å². The first-order valence-electron chi connectivity index (χ1n) is 5.82. The van der Waals surface area contributed by atoms with E-state index in [1.807, 2.05) is 13.1 Å². The van der Waals surface area contributed by atoms with E-state index in [4.69, 9.17) is 0 Å². The Labute approximate surface area is 105 Å². The molecule has 0 aromatic heterocycles. The molecule has 16 heavy (non-hydrogen) atoms. The van der Waals surface area contributed by atoms with Crippen LogP contribution in [0.3, 0.4) is 0 Å². The second kappa shape index (κ2) is 4.86. The zero-order chi connectivity index (χ0) is 11.6. The molecule has 2 rings (SSSR count). The predicted molar refractivity (Wildman–Crippen MR) is 69.5 cm³/mol. The lowest BCUT2D eigenvalue weighted by Crippen LogP contribution is -2.33. The zero-order valence-corrected chi connectivity index (χ0v) is 11.2. The number of nitrogens with one attached hydrogen (secondary N) is 1. The van der Waals surface area contributed by atoms with Gasteiger partial charge in [0.25, 0.3) is 0 Å². The molecule has 1 aromatic carbocycles. The minimum atomic E-state index is -0.639. The van der Waals surface area contributed by atoms with Gasteiger partial charge in [-0.2, -0.15) is 0 Å². The predicted octanol–water partition coefficient (Wildman–Crippen LogP) is 2.58. The van der Waals surface area contributed by atoms with Gasteiger partial charge in [-0.15, -0.1) is 0 Å². The highest BCUT2D eigenvalue weighted by atomic mass is 79.9. The van der Waals surface area contributed by atoms with E-state index >= 15 is 0 Å². The van der Waals surface area contributed by atoms with Gasteiger partial charge in [0.05, 0.1) is 5.60 Å². The van der Waals surface area contributed by atoms with E-state index in [2.05, 4.69) is 33.4 Å². The number of hydrogen-bond acceptors (Lipinski definition) is 2. The highest BCUT2D eigenvalue weighted by molar-refractivity contribution is 9.10. The Balaban J connectivity index is 2.35. The van der Waals surface area contributed by atoms with Crippen LogP contribution in [-0.4, -0.2) is 18.7 Å². The number of aliphatic hydroxyl groups is 1. The Hall–Kier alpha value is -0.380. The summed E-state index contributed by atoms with van der Waals surface area (Å²) < 4.78 is 1.13. The van der Waals surface area contributed by atoms with Crippen LogP contribution in [0.1, 0.15) is 30.4 Å². The van der Waals surface area contributed by atoms with Gasteiger partial charge in [0, 0.05) is 4.47 Å². The van der Waals surface area contributed by atoms with Crippen LogP contribution < -0.4 is 5.32 Å². The fourth-order valence-electron chi connectivity index (χ4n) is 2.53. The third-order valence-corrected chi connectivity index (χ3v) is 4.17. The first-order chi connectivity index (χ1) is 7.67. The molecule has 0 aliphatic heterocycles. The van der Waals surface area contributed by atoms with E-state index in [1.165, 1.54) is 5.56 Å². The Morgan fingerprint density at radius 1 is 1.50 bits per heavy atom. The lowest BCUT2D eigenvalue weighted by molar-refractivity contribution is 0.0108. The lowest BCUT2D eigenvalue weighted by Gasteiger charge is -2.35. The topological polar surface area (TPSA) is 32.3 Å². The van der Waals surface area contributed by atoms with Gasteiger partial charge >= 0.3 is 0 Å². The Bertz CT molecular complexity index is 380. The monoisotopic (exact) mass is 283 g/mol. The molecular weight excluding hydrogens is 266 g/mol. The van der Waals surface area contributed by atoms with Crippen molar-refractivity contribution >= 4 is 15.9 Å². The fraction of sp³-hybridized carbons (Fsp3) is 0.538. The number of fused-ring (bicyclic) bond motifs is 1. The third-order valence-electron chi connectivity index (χ3n) is 3.43. The van der Waals surface area contributed by atoms with Gasteiger partial charge in [0.2, 0.25) is 0 Å². The number of hydrogen-bond donors (Lipinski definition) is 2.